The Balaban J connectivity index is 1.56. The zero-order chi connectivity index (χ0) is 20.8. The monoisotopic (exact) mass is 394 g/mol. The van der Waals surface area contributed by atoms with E-state index in [-0.39, 0.29) is 24.2 Å². The Morgan fingerprint density at radius 1 is 1.07 bits per heavy atom. The van der Waals surface area contributed by atoms with Gasteiger partial charge in [-0.1, -0.05) is 18.2 Å². The number of benzene rings is 2. The number of nitrogens with zero attached hydrogens (tertiary/aromatic N) is 3. The van der Waals surface area contributed by atoms with Gasteiger partial charge in [-0.2, -0.15) is 0 Å². The first-order valence-electron chi connectivity index (χ1n) is 8.92. The second-order valence-corrected chi connectivity index (χ2v) is 6.37. The van der Waals surface area contributed by atoms with Crippen molar-refractivity contribution in [2.45, 2.75) is 0 Å². The molecule has 3 aromatic rings. The largest absolute Gasteiger partial charge is 0.479 e. The Bertz CT molecular complexity index is 984. The molecule has 0 fully saturated rings. The summed E-state index contributed by atoms with van der Waals surface area (Å²) in [5.41, 5.74) is 0.905. The Kier molecular flexibility index (Phi) is 6.13. The van der Waals surface area contributed by atoms with E-state index in [1.54, 1.807) is 44.6 Å². The van der Waals surface area contributed by atoms with Crippen molar-refractivity contribution in [3.63, 3.8) is 0 Å². The molecule has 1 heterocycles. The second kappa shape index (κ2) is 8.92. The van der Waals surface area contributed by atoms with Crippen molar-refractivity contribution in [3.8, 4) is 17.4 Å². The van der Waals surface area contributed by atoms with Gasteiger partial charge in [0.1, 0.15) is 17.1 Å². The predicted molar refractivity (Wildman–Crippen MR) is 108 cm³/mol. The van der Waals surface area contributed by atoms with Gasteiger partial charge >= 0.3 is 0 Å². The fraction of sp³-hybridized carbons (Fsp3) is 0.190. The molecule has 0 radical (unpaired) electrons. The third-order valence-corrected chi connectivity index (χ3v) is 4.06. The molecule has 0 unspecified atom stereocenters. The van der Waals surface area contributed by atoms with Crippen LogP contribution in [-0.4, -0.2) is 47.2 Å². The molecular formula is C21H22N4O4. The average Bonchev–Trinajstić information content (AvgIpc) is 3.10. The quantitative estimate of drug-likeness (QED) is 0.666. The summed E-state index contributed by atoms with van der Waals surface area (Å²) in [5, 5.41) is 6.82. The zero-order valence-electron chi connectivity index (χ0n) is 16.5. The van der Waals surface area contributed by atoms with Crippen LogP contribution in [0.3, 0.4) is 0 Å². The number of hydrogen-bond acceptors (Lipinski definition) is 5. The van der Waals surface area contributed by atoms with Crippen LogP contribution in [0.25, 0.3) is 0 Å². The topological polar surface area (TPSA) is 85.7 Å². The Morgan fingerprint density at radius 3 is 2.38 bits per heavy atom. The van der Waals surface area contributed by atoms with Crippen LogP contribution in [0.5, 0.6) is 17.4 Å². The lowest BCUT2D eigenvalue weighted by Crippen LogP contribution is -2.35. The normalized spacial score (nSPS) is 10.3. The summed E-state index contributed by atoms with van der Waals surface area (Å²) in [5.74, 6) is 0.941. The van der Waals surface area contributed by atoms with Gasteiger partial charge in [0.05, 0.1) is 13.7 Å². The van der Waals surface area contributed by atoms with Gasteiger partial charge in [0.15, 0.2) is 0 Å². The highest BCUT2D eigenvalue weighted by atomic mass is 16.5. The van der Waals surface area contributed by atoms with Crippen molar-refractivity contribution in [2.75, 3.05) is 26.0 Å². The van der Waals surface area contributed by atoms with E-state index in [1.807, 2.05) is 30.3 Å². The van der Waals surface area contributed by atoms with E-state index in [0.29, 0.717) is 17.0 Å². The number of nitrogens with one attached hydrogen (secondary N) is 1. The summed E-state index contributed by atoms with van der Waals surface area (Å²) in [7, 11) is 4.68. The lowest BCUT2D eigenvalue weighted by atomic mass is 10.2. The SMILES string of the molecule is COc1nn(C)cc1C(=O)N(C)CC(=O)Nc1ccc(Oc2ccccc2)cc1. The number of carbonyl (C=O) groups is 2. The molecule has 0 spiro atoms. The molecule has 8 heteroatoms. The summed E-state index contributed by atoms with van der Waals surface area (Å²) < 4.78 is 12.3. The van der Waals surface area contributed by atoms with Crippen molar-refractivity contribution in [2.24, 2.45) is 7.05 Å². The highest BCUT2D eigenvalue weighted by Crippen LogP contribution is 2.22. The van der Waals surface area contributed by atoms with Crippen LogP contribution in [0.2, 0.25) is 0 Å². The molecule has 0 aliphatic rings. The molecule has 0 saturated carbocycles. The summed E-state index contributed by atoms with van der Waals surface area (Å²) in [6, 6.07) is 16.4. The predicted octanol–water partition coefficient (Wildman–Crippen LogP) is 2.93. The van der Waals surface area contributed by atoms with Gasteiger partial charge in [0, 0.05) is 26.0 Å². The van der Waals surface area contributed by atoms with Gasteiger partial charge in [0.2, 0.25) is 11.8 Å². The summed E-state index contributed by atoms with van der Waals surface area (Å²) in [4.78, 5) is 26.2. The summed E-state index contributed by atoms with van der Waals surface area (Å²) in [6.07, 6.45) is 1.56. The zero-order valence-corrected chi connectivity index (χ0v) is 16.5. The molecule has 1 N–H and O–H groups in total. The second-order valence-electron chi connectivity index (χ2n) is 6.37. The van der Waals surface area contributed by atoms with Crippen LogP contribution in [-0.2, 0) is 11.8 Å². The smallest absolute Gasteiger partial charge is 0.261 e. The van der Waals surface area contributed by atoms with Gasteiger partial charge in [-0.15, -0.1) is 5.10 Å². The molecule has 0 saturated heterocycles. The number of ether oxygens (including phenoxy) is 2. The molecule has 1 aromatic heterocycles. The van der Waals surface area contributed by atoms with Gasteiger partial charge in [-0.25, -0.2) is 0 Å². The van der Waals surface area contributed by atoms with E-state index in [4.69, 9.17) is 9.47 Å². The van der Waals surface area contributed by atoms with E-state index in [2.05, 4.69) is 10.4 Å². The molecule has 2 aromatic carbocycles. The van der Waals surface area contributed by atoms with Crippen LogP contribution >= 0.6 is 0 Å². The maximum atomic E-state index is 12.5. The third kappa shape index (κ3) is 5.13. The Hall–Kier alpha value is -3.81. The number of methoxy groups -OCH3 is 1. The summed E-state index contributed by atoms with van der Waals surface area (Å²) in [6.45, 7) is -0.112. The van der Waals surface area contributed by atoms with Crippen molar-refractivity contribution >= 4 is 17.5 Å². The van der Waals surface area contributed by atoms with Gasteiger partial charge < -0.3 is 19.7 Å². The van der Waals surface area contributed by atoms with Crippen LogP contribution in [0, 0.1) is 0 Å². The number of aryl methyl sites for hydroxylation is 1. The maximum Gasteiger partial charge on any atom is 0.261 e. The maximum absolute atomic E-state index is 12.5. The minimum absolute atomic E-state index is 0.112. The van der Waals surface area contributed by atoms with E-state index in [1.165, 1.54) is 16.7 Å². The molecule has 150 valence electrons. The Labute approximate surface area is 168 Å². The summed E-state index contributed by atoms with van der Waals surface area (Å²) >= 11 is 0. The molecule has 8 nitrogen and oxygen atoms in total. The van der Waals surface area contributed by atoms with E-state index in [9.17, 15) is 9.59 Å². The van der Waals surface area contributed by atoms with E-state index < -0.39 is 0 Å². The van der Waals surface area contributed by atoms with Gasteiger partial charge in [0.25, 0.3) is 5.91 Å². The van der Waals surface area contributed by atoms with Crippen molar-refractivity contribution in [3.05, 3.63) is 66.4 Å². The number of amides is 2. The molecule has 29 heavy (non-hydrogen) atoms. The lowest BCUT2D eigenvalue weighted by Gasteiger charge is -2.16. The molecule has 0 atom stereocenters. The molecule has 0 bridgehead atoms. The molecule has 3 rings (SSSR count). The van der Waals surface area contributed by atoms with Crippen molar-refractivity contribution in [1.29, 1.82) is 0 Å². The number of likely N-dealkylation sites (N-methyl/N-ethyl adjacent to an activating group) is 1. The number of hydrogen-bond donors (Lipinski definition) is 1. The van der Waals surface area contributed by atoms with Gasteiger partial charge in [-0.3, -0.25) is 14.3 Å². The van der Waals surface area contributed by atoms with Crippen LogP contribution in [0.15, 0.2) is 60.8 Å². The van der Waals surface area contributed by atoms with E-state index in [0.717, 1.165) is 5.75 Å². The molecule has 2 amide bonds. The van der Waals surface area contributed by atoms with Crippen molar-refractivity contribution < 1.29 is 19.1 Å². The fourth-order valence-corrected chi connectivity index (χ4v) is 2.69. The average molecular weight is 394 g/mol. The first-order chi connectivity index (χ1) is 14.0. The Morgan fingerprint density at radius 2 is 1.72 bits per heavy atom. The number of carbonyl (C=O) groups excluding carboxylic acids is 2. The van der Waals surface area contributed by atoms with E-state index >= 15 is 0 Å². The number of rotatable bonds is 7. The highest BCUT2D eigenvalue weighted by molar-refractivity contribution is 6.00. The highest BCUT2D eigenvalue weighted by Gasteiger charge is 2.21. The molecule has 0 aliphatic carbocycles. The number of para-hydroxylation sites is 1. The first kappa shape index (κ1) is 19.9. The molecule has 0 aliphatic heterocycles. The van der Waals surface area contributed by atoms with Crippen LogP contribution < -0.4 is 14.8 Å². The minimum Gasteiger partial charge on any atom is -0.479 e. The van der Waals surface area contributed by atoms with Crippen molar-refractivity contribution in [1.82, 2.24) is 14.7 Å². The third-order valence-electron chi connectivity index (χ3n) is 4.06. The van der Waals surface area contributed by atoms with Gasteiger partial charge in [-0.05, 0) is 36.4 Å². The molecular weight excluding hydrogens is 372 g/mol. The first-order valence-corrected chi connectivity index (χ1v) is 8.92. The standard InChI is InChI=1S/C21H22N4O4/c1-24(21(27)18-13-25(2)23-20(18)28-3)14-19(26)22-15-9-11-17(12-10-15)29-16-7-5-4-6-8-16/h4-13H,14H2,1-3H3,(H,22,26). The number of aromatic nitrogens is 2. The van der Waals surface area contributed by atoms with Crippen LogP contribution in [0.4, 0.5) is 5.69 Å². The lowest BCUT2D eigenvalue weighted by molar-refractivity contribution is -0.116. The fourth-order valence-electron chi connectivity index (χ4n) is 2.69. The number of anilines is 1. The minimum atomic E-state index is -0.350. The van der Waals surface area contributed by atoms with Crippen LogP contribution in [0.1, 0.15) is 10.4 Å².